The zero-order valence-corrected chi connectivity index (χ0v) is 14.1. The van der Waals surface area contributed by atoms with Gasteiger partial charge in [-0.25, -0.2) is 14.5 Å². The number of hydrogen-bond acceptors (Lipinski definition) is 5. The molecule has 0 fully saturated rings. The molecule has 0 bridgehead atoms. The molecule has 0 aromatic carbocycles. The quantitative estimate of drug-likeness (QED) is 0.573. The van der Waals surface area contributed by atoms with Gasteiger partial charge in [-0.05, 0) is 35.7 Å². The second kappa shape index (κ2) is 5.93. The Morgan fingerprint density at radius 2 is 2.08 bits per heavy atom. The van der Waals surface area contributed by atoms with Crippen molar-refractivity contribution in [2.75, 3.05) is 7.11 Å². The number of aromatic nitrogens is 5. The summed E-state index contributed by atoms with van der Waals surface area (Å²) in [7, 11) is 3.60. The summed E-state index contributed by atoms with van der Waals surface area (Å²) >= 11 is 1.68. The number of rotatable bonds is 4. The summed E-state index contributed by atoms with van der Waals surface area (Å²) < 4.78 is 9.00. The van der Waals surface area contributed by atoms with Crippen molar-refractivity contribution < 1.29 is 4.74 Å². The van der Waals surface area contributed by atoms with Gasteiger partial charge in [0, 0.05) is 19.4 Å². The van der Waals surface area contributed by atoms with Crippen LogP contribution in [0.4, 0.5) is 0 Å². The van der Waals surface area contributed by atoms with Gasteiger partial charge in [0.2, 0.25) is 0 Å². The Labute approximate surface area is 142 Å². The summed E-state index contributed by atoms with van der Waals surface area (Å²) in [6.07, 6.45) is 7.63. The molecule has 0 radical (unpaired) electrons. The molecule has 0 unspecified atom stereocenters. The van der Waals surface area contributed by atoms with E-state index in [4.69, 9.17) is 4.74 Å². The highest BCUT2D eigenvalue weighted by molar-refractivity contribution is 7.13. The Balaban J connectivity index is 1.66. The van der Waals surface area contributed by atoms with Gasteiger partial charge in [-0.3, -0.25) is 0 Å². The minimum atomic E-state index is 0.611. The lowest BCUT2D eigenvalue weighted by molar-refractivity contribution is 0.416. The van der Waals surface area contributed by atoms with Gasteiger partial charge in [0.05, 0.1) is 17.7 Å². The number of thiophene rings is 1. The first-order valence-corrected chi connectivity index (χ1v) is 8.27. The van der Waals surface area contributed by atoms with Gasteiger partial charge in [-0.1, -0.05) is 6.07 Å². The van der Waals surface area contributed by atoms with Crippen LogP contribution in [0, 0.1) is 0 Å². The van der Waals surface area contributed by atoms with Crippen molar-refractivity contribution in [2.45, 2.75) is 0 Å². The molecule has 0 aliphatic heterocycles. The van der Waals surface area contributed by atoms with Gasteiger partial charge in [0.25, 0.3) is 0 Å². The Hall–Kier alpha value is -2.93. The highest BCUT2D eigenvalue weighted by atomic mass is 32.1. The second-order valence-electron chi connectivity index (χ2n) is 5.22. The Kier molecular flexibility index (Phi) is 3.62. The fourth-order valence-corrected chi connectivity index (χ4v) is 3.14. The van der Waals surface area contributed by atoms with Crippen LogP contribution in [0.1, 0.15) is 11.6 Å². The lowest BCUT2D eigenvalue weighted by Crippen LogP contribution is -1.90. The number of fused-ring (bicyclic) bond motifs is 1. The van der Waals surface area contributed by atoms with Crippen molar-refractivity contribution in [3.63, 3.8) is 0 Å². The molecule has 4 aromatic rings. The standard InChI is InChI=1S/C17H15N5OS/c1-21-11-12(14-6-4-10-24-14)18-16(21)8-7-15-19-17-13(23-2)5-3-9-22(17)20-15/h3-11H,1-2H3. The minimum Gasteiger partial charge on any atom is -0.493 e. The molecule has 0 aliphatic rings. The van der Waals surface area contributed by atoms with Crippen LogP contribution in [0.5, 0.6) is 5.75 Å². The third kappa shape index (κ3) is 2.59. The summed E-state index contributed by atoms with van der Waals surface area (Å²) in [5, 5.41) is 6.48. The summed E-state index contributed by atoms with van der Waals surface area (Å²) in [6.45, 7) is 0. The van der Waals surface area contributed by atoms with E-state index in [1.165, 1.54) is 0 Å². The maximum Gasteiger partial charge on any atom is 0.198 e. The van der Waals surface area contributed by atoms with Crippen molar-refractivity contribution in [3.05, 3.63) is 53.7 Å². The zero-order chi connectivity index (χ0) is 16.5. The number of hydrogen-bond donors (Lipinski definition) is 0. The average Bonchev–Trinajstić information content (AvgIpc) is 3.31. The van der Waals surface area contributed by atoms with Crippen LogP contribution in [-0.4, -0.2) is 31.3 Å². The van der Waals surface area contributed by atoms with Gasteiger partial charge in [0.15, 0.2) is 17.2 Å². The van der Waals surface area contributed by atoms with Gasteiger partial charge in [-0.2, -0.15) is 0 Å². The van der Waals surface area contributed by atoms with Crippen LogP contribution in [0.25, 0.3) is 28.4 Å². The molecule has 0 saturated carbocycles. The van der Waals surface area contributed by atoms with E-state index in [0.29, 0.717) is 17.2 Å². The summed E-state index contributed by atoms with van der Waals surface area (Å²) in [6, 6.07) is 7.83. The molecule has 4 aromatic heterocycles. The van der Waals surface area contributed by atoms with E-state index in [1.54, 1.807) is 23.0 Å². The van der Waals surface area contributed by atoms with Crippen LogP contribution < -0.4 is 4.74 Å². The topological polar surface area (TPSA) is 57.2 Å². The van der Waals surface area contributed by atoms with E-state index >= 15 is 0 Å². The number of nitrogens with zero attached hydrogens (tertiary/aromatic N) is 5. The van der Waals surface area contributed by atoms with Crippen LogP contribution in [0.2, 0.25) is 0 Å². The maximum absolute atomic E-state index is 5.30. The molecular formula is C17H15N5OS. The van der Waals surface area contributed by atoms with E-state index < -0.39 is 0 Å². The molecule has 24 heavy (non-hydrogen) atoms. The van der Waals surface area contributed by atoms with E-state index in [2.05, 4.69) is 21.1 Å². The number of pyridine rings is 1. The van der Waals surface area contributed by atoms with Gasteiger partial charge >= 0.3 is 0 Å². The van der Waals surface area contributed by atoms with Crippen molar-refractivity contribution in [1.29, 1.82) is 0 Å². The zero-order valence-electron chi connectivity index (χ0n) is 13.2. The van der Waals surface area contributed by atoms with Gasteiger partial charge in [0.1, 0.15) is 5.82 Å². The molecule has 0 spiro atoms. The molecule has 4 heterocycles. The first-order valence-electron chi connectivity index (χ1n) is 7.39. The van der Waals surface area contributed by atoms with Gasteiger partial charge < -0.3 is 9.30 Å². The summed E-state index contributed by atoms with van der Waals surface area (Å²) in [4.78, 5) is 10.3. The molecule has 0 amide bonds. The summed E-state index contributed by atoms with van der Waals surface area (Å²) in [5.41, 5.74) is 1.66. The first-order chi connectivity index (χ1) is 11.7. The molecule has 0 atom stereocenters. The Morgan fingerprint density at radius 3 is 2.88 bits per heavy atom. The molecule has 120 valence electrons. The maximum atomic E-state index is 5.30. The first kappa shape index (κ1) is 14.6. The SMILES string of the molecule is COc1cccn2nc(C=Cc3nc(-c4cccs4)cn3C)nc12. The molecule has 4 rings (SSSR count). The normalized spacial score (nSPS) is 11.6. The largest absolute Gasteiger partial charge is 0.493 e. The number of ether oxygens (including phenoxy) is 1. The van der Waals surface area contributed by atoms with Gasteiger partial charge in [-0.15, -0.1) is 16.4 Å². The van der Waals surface area contributed by atoms with E-state index in [9.17, 15) is 0 Å². The molecule has 0 N–H and O–H groups in total. The van der Waals surface area contributed by atoms with Crippen molar-refractivity contribution in [1.82, 2.24) is 24.1 Å². The van der Waals surface area contributed by atoms with Crippen molar-refractivity contribution >= 4 is 29.1 Å². The molecule has 6 nitrogen and oxygen atoms in total. The fraction of sp³-hybridized carbons (Fsp3) is 0.118. The van der Waals surface area contributed by atoms with E-state index in [0.717, 1.165) is 16.4 Å². The average molecular weight is 337 g/mol. The van der Waals surface area contributed by atoms with E-state index in [1.807, 2.05) is 59.7 Å². The van der Waals surface area contributed by atoms with E-state index in [-0.39, 0.29) is 0 Å². The number of aryl methyl sites for hydroxylation is 1. The lowest BCUT2D eigenvalue weighted by Gasteiger charge is -1.98. The fourth-order valence-electron chi connectivity index (χ4n) is 2.46. The second-order valence-corrected chi connectivity index (χ2v) is 6.17. The highest BCUT2D eigenvalue weighted by Gasteiger charge is 2.08. The third-order valence-corrected chi connectivity index (χ3v) is 4.52. The summed E-state index contributed by atoms with van der Waals surface area (Å²) in [5.74, 6) is 2.16. The van der Waals surface area contributed by atoms with Crippen LogP contribution in [0.15, 0.2) is 42.0 Å². The Bertz CT molecular complexity index is 1010. The molecule has 0 aliphatic carbocycles. The smallest absolute Gasteiger partial charge is 0.198 e. The highest BCUT2D eigenvalue weighted by Crippen LogP contribution is 2.24. The predicted octanol–water partition coefficient (Wildman–Crippen LogP) is 3.37. The molecule has 0 saturated heterocycles. The van der Waals surface area contributed by atoms with Crippen molar-refractivity contribution in [3.8, 4) is 16.3 Å². The molecular weight excluding hydrogens is 322 g/mol. The minimum absolute atomic E-state index is 0.611. The monoisotopic (exact) mass is 337 g/mol. The van der Waals surface area contributed by atoms with Crippen LogP contribution in [0.3, 0.4) is 0 Å². The van der Waals surface area contributed by atoms with Crippen LogP contribution in [-0.2, 0) is 7.05 Å². The molecule has 7 heteroatoms. The number of imidazole rings is 1. The van der Waals surface area contributed by atoms with Crippen LogP contribution >= 0.6 is 11.3 Å². The third-order valence-electron chi connectivity index (χ3n) is 3.63. The predicted molar refractivity (Wildman–Crippen MR) is 95.0 cm³/mol. The lowest BCUT2D eigenvalue weighted by atomic mass is 10.4. The van der Waals surface area contributed by atoms with Crippen molar-refractivity contribution in [2.24, 2.45) is 7.05 Å². The number of methoxy groups -OCH3 is 1. The Morgan fingerprint density at radius 1 is 1.17 bits per heavy atom.